The van der Waals surface area contributed by atoms with E-state index in [0.717, 1.165) is 43.7 Å². The molecular weight excluding hydrogens is 316 g/mol. The summed E-state index contributed by atoms with van der Waals surface area (Å²) < 4.78 is 11.4. The van der Waals surface area contributed by atoms with Gasteiger partial charge in [-0.3, -0.25) is 4.79 Å². The van der Waals surface area contributed by atoms with Crippen LogP contribution in [0.5, 0.6) is 5.75 Å². The first-order valence-corrected chi connectivity index (χ1v) is 9.24. The Hall–Kier alpha value is -1.59. The molecule has 5 heteroatoms. The highest BCUT2D eigenvalue weighted by atomic mass is 16.5. The molecule has 1 aromatic carbocycles. The van der Waals surface area contributed by atoms with E-state index < -0.39 is 5.60 Å². The molecule has 1 N–H and O–H groups in total. The first-order valence-electron chi connectivity index (χ1n) is 9.24. The van der Waals surface area contributed by atoms with Crippen molar-refractivity contribution in [2.45, 2.75) is 52.1 Å². The van der Waals surface area contributed by atoms with Crippen LogP contribution < -0.4 is 10.1 Å². The van der Waals surface area contributed by atoms with Gasteiger partial charge in [0, 0.05) is 18.8 Å². The smallest absolute Gasteiger partial charge is 0.256 e. The molecule has 0 aliphatic carbocycles. The first kappa shape index (κ1) is 21.5. The van der Waals surface area contributed by atoms with Crippen LogP contribution >= 0.6 is 0 Å². The summed E-state index contributed by atoms with van der Waals surface area (Å²) in [5, 5.41) is 2.96. The molecule has 1 aromatic rings. The largest absolute Gasteiger partial charge is 0.494 e. The molecular formula is C20H34N2O3. The number of nitrogens with zero attached hydrogens (tertiary/aromatic N) is 1. The van der Waals surface area contributed by atoms with Crippen molar-refractivity contribution in [1.82, 2.24) is 4.90 Å². The molecule has 0 saturated heterocycles. The van der Waals surface area contributed by atoms with E-state index >= 15 is 0 Å². The van der Waals surface area contributed by atoms with Crippen LogP contribution in [0.15, 0.2) is 24.3 Å². The maximum absolute atomic E-state index is 12.6. The highest BCUT2D eigenvalue weighted by Crippen LogP contribution is 2.23. The highest BCUT2D eigenvalue weighted by Gasteiger charge is 2.33. The van der Waals surface area contributed by atoms with Gasteiger partial charge < -0.3 is 19.7 Å². The zero-order valence-corrected chi connectivity index (χ0v) is 16.4. The molecule has 0 fully saturated rings. The second-order valence-electron chi connectivity index (χ2n) is 6.75. The maximum Gasteiger partial charge on any atom is 0.256 e. The molecule has 1 rings (SSSR count). The summed E-state index contributed by atoms with van der Waals surface area (Å²) in [6, 6.07) is 7.50. The van der Waals surface area contributed by atoms with Gasteiger partial charge in [0.2, 0.25) is 0 Å². The summed E-state index contributed by atoms with van der Waals surface area (Å²) >= 11 is 0. The van der Waals surface area contributed by atoms with Crippen molar-refractivity contribution < 1.29 is 14.3 Å². The van der Waals surface area contributed by atoms with E-state index in [9.17, 15) is 4.79 Å². The molecule has 0 bridgehead atoms. The predicted molar refractivity (Wildman–Crippen MR) is 103 cm³/mol. The van der Waals surface area contributed by atoms with Crippen molar-refractivity contribution in [3.05, 3.63) is 24.3 Å². The van der Waals surface area contributed by atoms with Crippen LogP contribution in [0.3, 0.4) is 0 Å². The second kappa shape index (κ2) is 11.1. The zero-order valence-electron chi connectivity index (χ0n) is 16.4. The third-order valence-corrected chi connectivity index (χ3v) is 4.08. The van der Waals surface area contributed by atoms with Crippen molar-refractivity contribution in [1.29, 1.82) is 0 Å². The lowest BCUT2D eigenvalue weighted by molar-refractivity contribution is -0.139. The fourth-order valence-corrected chi connectivity index (χ4v) is 2.55. The number of nitrogens with one attached hydrogen (secondary N) is 1. The lowest BCUT2D eigenvalue weighted by Gasteiger charge is -2.28. The number of rotatable bonds is 12. The van der Waals surface area contributed by atoms with Gasteiger partial charge in [-0.15, -0.1) is 0 Å². The lowest BCUT2D eigenvalue weighted by atomic mass is 9.97. The van der Waals surface area contributed by atoms with Crippen molar-refractivity contribution in [3.8, 4) is 5.75 Å². The number of anilines is 1. The molecule has 0 spiro atoms. The molecule has 0 saturated carbocycles. The van der Waals surface area contributed by atoms with E-state index in [0.29, 0.717) is 13.2 Å². The third kappa shape index (κ3) is 7.88. The predicted octanol–water partition coefficient (Wildman–Crippen LogP) is 3.94. The Morgan fingerprint density at radius 1 is 1.16 bits per heavy atom. The average molecular weight is 351 g/mol. The SMILES string of the molecule is CCCC[C@@](C)(OCC)C(=O)Nc1ccc(OCCCN(C)C)cc1. The van der Waals surface area contributed by atoms with Crippen molar-refractivity contribution >= 4 is 11.6 Å². The molecule has 25 heavy (non-hydrogen) atoms. The Bertz CT molecular complexity index is 502. The van der Waals surface area contributed by atoms with Gasteiger partial charge in [0.25, 0.3) is 5.91 Å². The third-order valence-electron chi connectivity index (χ3n) is 4.08. The van der Waals surface area contributed by atoms with Crippen molar-refractivity contribution in [2.24, 2.45) is 0 Å². The van der Waals surface area contributed by atoms with Gasteiger partial charge in [0.05, 0.1) is 6.61 Å². The van der Waals surface area contributed by atoms with Gasteiger partial charge >= 0.3 is 0 Å². The number of unbranched alkanes of at least 4 members (excludes halogenated alkanes) is 1. The van der Waals surface area contributed by atoms with Gasteiger partial charge in [-0.05, 0) is 65.0 Å². The summed E-state index contributed by atoms with van der Waals surface area (Å²) in [6.45, 7) is 8.10. The van der Waals surface area contributed by atoms with Crippen molar-refractivity contribution in [3.63, 3.8) is 0 Å². The molecule has 5 nitrogen and oxygen atoms in total. The molecule has 1 amide bonds. The van der Waals surface area contributed by atoms with Crippen LogP contribution in [0.4, 0.5) is 5.69 Å². The van der Waals surface area contributed by atoms with E-state index in [1.165, 1.54) is 0 Å². The Labute approximate surface area is 152 Å². The molecule has 0 unspecified atom stereocenters. The summed E-state index contributed by atoms with van der Waals surface area (Å²) in [5.74, 6) is 0.720. The van der Waals surface area contributed by atoms with Crippen LogP contribution in [0.25, 0.3) is 0 Å². The number of amides is 1. The average Bonchev–Trinajstić information content (AvgIpc) is 2.58. The van der Waals surface area contributed by atoms with Gasteiger partial charge in [-0.1, -0.05) is 19.8 Å². The molecule has 0 aromatic heterocycles. The first-order chi connectivity index (χ1) is 11.9. The van der Waals surface area contributed by atoms with Crippen LogP contribution in [0.1, 0.15) is 46.5 Å². The van der Waals surface area contributed by atoms with Gasteiger partial charge in [-0.2, -0.15) is 0 Å². The zero-order chi connectivity index (χ0) is 18.7. The Morgan fingerprint density at radius 2 is 1.84 bits per heavy atom. The number of ether oxygens (including phenoxy) is 2. The van der Waals surface area contributed by atoms with Crippen molar-refractivity contribution in [2.75, 3.05) is 39.2 Å². The normalized spacial score (nSPS) is 13.5. The monoisotopic (exact) mass is 350 g/mol. The molecule has 1 atom stereocenters. The summed E-state index contributed by atoms with van der Waals surface area (Å²) in [5.41, 5.74) is -0.0281. The number of hydrogen-bond donors (Lipinski definition) is 1. The number of carbonyl (C=O) groups excluding carboxylic acids is 1. The molecule has 0 radical (unpaired) electrons. The fourth-order valence-electron chi connectivity index (χ4n) is 2.55. The minimum absolute atomic E-state index is 0.0950. The molecule has 0 aliphatic rings. The number of hydrogen-bond acceptors (Lipinski definition) is 4. The second-order valence-corrected chi connectivity index (χ2v) is 6.75. The van der Waals surface area contributed by atoms with Gasteiger partial charge in [0.15, 0.2) is 0 Å². The van der Waals surface area contributed by atoms with E-state index in [4.69, 9.17) is 9.47 Å². The summed E-state index contributed by atoms with van der Waals surface area (Å²) in [6.07, 6.45) is 3.70. The maximum atomic E-state index is 12.6. The van der Waals surface area contributed by atoms with Crippen LogP contribution in [-0.2, 0) is 9.53 Å². The fraction of sp³-hybridized carbons (Fsp3) is 0.650. The Kier molecular flexibility index (Phi) is 9.53. The minimum Gasteiger partial charge on any atom is -0.494 e. The van der Waals surface area contributed by atoms with E-state index in [1.807, 2.05) is 52.2 Å². The van der Waals surface area contributed by atoms with E-state index in [2.05, 4.69) is 17.1 Å². The number of carbonyl (C=O) groups is 1. The van der Waals surface area contributed by atoms with E-state index in [-0.39, 0.29) is 5.91 Å². The van der Waals surface area contributed by atoms with Gasteiger partial charge in [-0.25, -0.2) is 0 Å². The topological polar surface area (TPSA) is 50.8 Å². The van der Waals surface area contributed by atoms with Gasteiger partial charge in [0.1, 0.15) is 11.4 Å². The Balaban J connectivity index is 2.56. The molecule has 0 heterocycles. The standard InChI is InChI=1S/C20H34N2O3/c1-6-8-14-20(3,25-7-2)19(23)21-17-10-12-18(13-11-17)24-16-9-15-22(4)5/h10-13H,6-9,14-16H2,1-5H3,(H,21,23)/t20-/m1/s1. The summed E-state index contributed by atoms with van der Waals surface area (Å²) in [4.78, 5) is 14.8. The van der Waals surface area contributed by atoms with Crippen LogP contribution in [-0.4, -0.2) is 50.3 Å². The number of benzene rings is 1. The Morgan fingerprint density at radius 3 is 2.40 bits per heavy atom. The quantitative estimate of drug-likeness (QED) is 0.580. The summed E-state index contributed by atoms with van der Waals surface area (Å²) in [7, 11) is 4.10. The van der Waals surface area contributed by atoms with Crippen LogP contribution in [0, 0.1) is 0 Å². The highest BCUT2D eigenvalue weighted by molar-refractivity contribution is 5.97. The lowest BCUT2D eigenvalue weighted by Crippen LogP contribution is -2.42. The van der Waals surface area contributed by atoms with E-state index in [1.54, 1.807) is 0 Å². The molecule has 142 valence electrons. The van der Waals surface area contributed by atoms with Crippen LogP contribution in [0.2, 0.25) is 0 Å². The minimum atomic E-state index is -0.786. The molecule has 0 aliphatic heterocycles.